The number of carbonyl (C=O) groups is 11. The topological polar surface area (TPSA) is 455 Å². The molecule has 0 radical (unpaired) electrons. The Labute approximate surface area is 716 Å². The maximum atomic E-state index is 13.8. The van der Waals surface area contributed by atoms with Gasteiger partial charge in [-0.05, 0) is 196 Å². The number of benzene rings is 3. The molecular formula is C92H124N10O20. The summed E-state index contributed by atoms with van der Waals surface area (Å²) in [4.78, 5) is 142. The van der Waals surface area contributed by atoms with Gasteiger partial charge in [-0.25, -0.2) is 0 Å². The number of carboxylic acid groups (broad SMARTS) is 2. The Balaban J connectivity index is 0.000000232. The standard InChI is InChI=1S/C32H42N4O7.C27H34N2O5.C21H28N2O4.C7H13NO2.C5H7NO2/c1-32(21-43-32)30(39)27(18-22-5-3-4-6-22)35-31(40)24(17-23-7-9-25(41-2)10-8-23)19-28(37)26(11-12-33)34-29(38)20-36-13-15-42-16-14-36;1-18(12-13-28)24(30)16-21(14-20-8-10-22(33-3)11-9-20)26(32)29-23(15-19-6-4-5-7-19)25(31)27(2)17-34-27;1-21(13-27-21)19(24)18(12-14-5-3-4-6-14)23-20(25)17(22)11-15-7-9-16(26-2)10-8-15;9-7(10)6-8-4-2-1-3-5-8;1-4(2-3-6)5(7)8/h5,7-10,24,26-27H,3-4,6,11,13-21H2,1-2H3,(H,34,38)(H,35,40);6,8-11,18,21,23H,4-5,7,12,14-17H2,1-3H3,(H,29,32);5,7-10,17-18H,3-4,6,11-13,22H2,1-2H3,(H,23,25);1-6H2,(H,9,10);4H,2H2,1H3,(H,7,8)/t24-,26+,27+,32-;18-,21+,23-,27+;17-,18-,21+;;4-/m100.0/s1. The molecule has 3 aromatic rings. The minimum Gasteiger partial charge on any atom is -0.497 e. The zero-order valence-electron chi connectivity index (χ0n) is 72.0. The van der Waals surface area contributed by atoms with Crippen molar-refractivity contribution >= 4 is 64.5 Å². The number of ketones is 5. The summed E-state index contributed by atoms with van der Waals surface area (Å²) in [5.74, 6) is -4.30. The number of piperidine rings is 1. The van der Waals surface area contributed by atoms with Crippen molar-refractivity contribution in [3.8, 4) is 35.5 Å². The number of amides is 4. The number of hydrogen-bond donors (Lipinski definition) is 7. The highest BCUT2D eigenvalue weighted by molar-refractivity contribution is 6.00. The van der Waals surface area contributed by atoms with Gasteiger partial charge in [0.25, 0.3) is 0 Å². The Bertz CT molecular complexity index is 4250. The first kappa shape index (κ1) is 98.7. The molecule has 4 amide bonds. The van der Waals surface area contributed by atoms with E-state index in [0.29, 0.717) is 89.7 Å². The van der Waals surface area contributed by atoms with Crippen molar-refractivity contribution in [1.29, 1.82) is 15.8 Å². The smallest absolute Gasteiger partial charge is 0.317 e. The van der Waals surface area contributed by atoms with E-state index >= 15 is 0 Å². The lowest BCUT2D eigenvalue weighted by atomic mass is 9.88. The van der Waals surface area contributed by atoms with Crippen LogP contribution in [0.25, 0.3) is 0 Å². The third-order valence-corrected chi connectivity index (χ3v) is 22.9. The summed E-state index contributed by atoms with van der Waals surface area (Å²) in [6.45, 7) is 14.1. The number of nitrogens with zero attached hydrogens (tertiary/aromatic N) is 5. The van der Waals surface area contributed by atoms with Crippen LogP contribution in [0.5, 0.6) is 17.2 Å². The van der Waals surface area contributed by atoms with Crippen LogP contribution in [0.15, 0.2) is 108 Å². The summed E-state index contributed by atoms with van der Waals surface area (Å²) in [5.41, 5.74) is 9.73. The molecule has 12 atom stereocenters. The van der Waals surface area contributed by atoms with Crippen molar-refractivity contribution in [2.24, 2.45) is 29.4 Å². The number of aliphatic carboxylic acids is 2. The second kappa shape index (κ2) is 49.7. The molecule has 3 aromatic carbocycles. The van der Waals surface area contributed by atoms with Crippen molar-refractivity contribution in [3.63, 3.8) is 0 Å². The lowest BCUT2D eigenvalue weighted by molar-refractivity contribution is -0.141. The SMILES string of the molecule is COc1ccc(C[C@H](CC(=O)[C@@H](C)CC#N)C(=O)N[C@@H](CC2=CCCC2)C(=O)[C@@]2(C)CO2)cc1.COc1ccc(C[C@H](CC(=O)[C@H](CC#N)NC(=O)CN2CCOCC2)C(=O)N[C@@H](CC2=CCCC2)C(=O)[C@@]2(C)CO2)cc1.COc1ccc(C[C@H](N)C(=O)N[C@@H](CC2=CCCC2)C(=O)[C@@]2(C)CO2)cc1.C[C@@H](CC#N)C(=O)O.O=C(O)CN1CCCCC1. The predicted octanol–water partition coefficient (Wildman–Crippen LogP) is 8.68. The maximum Gasteiger partial charge on any atom is 0.317 e. The number of methoxy groups -OCH3 is 3. The maximum absolute atomic E-state index is 13.8. The van der Waals surface area contributed by atoms with Crippen molar-refractivity contribution < 1.29 is 96.1 Å². The van der Waals surface area contributed by atoms with Gasteiger partial charge >= 0.3 is 11.9 Å². The molecule has 5 heterocycles. The van der Waals surface area contributed by atoms with Gasteiger partial charge < -0.3 is 70.4 Å². The van der Waals surface area contributed by atoms with Gasteiger partial charge in [0.05, 0.1) is 122 Å². The van der Waals surface area contributed by atoms with Crippen LogP contribution in [0.4, 0.5) is 0 Å². The number of nitriles is 3. The molecule has 5 fully saturated rings. The van der Waals surface area contributed by atoms with Gasteiger partial charge in [0.1, 0.15) is 45.9 Å². The van der Waals surface area contributed by atoms with Gasteiger partial charge in [0, 0.05) is 56.5 Å². The number of carbonyl (C=O) groups excluding carboxylic acids is 9. The van der Waals surface area contributed by atoms with Crippen LogP contribution in [-0.2, 0) is 90.9 Å². The molecule has 8 N–H and O–H groups in total. The summed E-state index contributed by atoms with van der Waals surface area (Å²) >= 11 is 0. The number of morpholine rings is 1. The average molecular weight is 1690 g/mol. The zero-order valence-corrected chi connectivity index (χ0v) is 72.0. The van der Waals surface area contributed by atoms with E-state index in [1.807, 2.05) is 82.6 Å². The molecule has 0 aromatic heterocycles. The van der Waals surface area contributed by atoms with Crippen molar-refractivity contribution in [1.82, 2.24) is 31.1 Å². The summed E-state index contributed by atoms with van der Waals surface area (Å²) in [7, 11) is 4.75. The summed E-state index contributed by atoms with van der Waals surface area (Å²) in [6, 6.07) is 24.0. The number of rotatable bonds is 42. The highest BCUT2D eigenvalue weighted by Crippen LogP contribution is 2.36. The highest BCUT2D eigenvalue weighted by atomic mass is 16.6. The molecule has 662 valence electrons. The summed E-state index contributed by atoms with van der Waals surface area (Å²) < 4.78 is 37.0. The van der Waals surface area contributed by atoms with Gasteiger partial charge in [0.2, 0.25) is 23.6 Å². The first-order valence-corrected chi connectivity index (χ1v) is 42.4. The normalized spacial score (nSPS) is 21.4. The fraction of sp³-hybridized carbons (Fsp3) is 0.587. The number of allylic oxidation sites excluding steroid dienone is 3. The van der Waals surface area contributed by atoms with Crippen LogP contribution in [0, 0.1) is 57.7 Å². The molecule has 0 saturated carbocycles. The largest absolute Gasteiger partial charge is 0.497 e. The quantitative estimate of drug-likeness (QED) is 0.0206. The van der Waals surface area contributed by atoms with Crippen LogP contribution in [0.2, 0.25) is 0 Å². The van der Waals surface area contributed by atoms with Crippen LogP contribution in [0.1, 0.15) is 180 Å². The number of nitrogens with one attached hydrogen (secondary N) is 4. The van der Waals surface area contributed by atoms with E-state index in [0.717, 1.165) is 112 Å². The number of likely N-dealkylation sites (tertiary alicyclic amines) is 1. The summed E-state index contributed by atoms with van der Waals surface area (Å²) in [6.07, 6.45) is 21.1. The van der Waals surface area contributed by atoms with E-state index < -0.39 is 94.3 Å². The number of ether oxygens (including phenoxy) is 7. The van der Waals surface area contributed by atoms with Crippen molar-refractivity contribution in [2.45, 2.75) is 229 Å². The lowest BCUT2D eigenvalue weighted by Gasteiger charge is -2.27. The first-order valence-electron chi connectivity index (χ1n) is 42.4. The van der Waals surface area contributed by atoms with Crippen LogP contribution in [0.3, 0.4) is 0 Å². The first-order chi connectivity index (χ1) is 58.3. The number of carboxylic acids is 2. The van der Waals surface area contributed by atoms with E-state index in [9.17, 15) is 58.0 Å². The lowest BCUT2D eigenvalue weighted by Crippen LogP contribution is -2.51. The van der Waals surface area contributed by atoms with E-state index in [2.05, 4.69) is 39.5 Å². The third kappa shape index (κ3) is 33.5. The molecule has 11 rings (SSSR count). The molecular weight excluding hydrogens is 1570 g/mol. The van der Waals surface area contributed by atoms with E-state index in [4.69, 9.17) is 59.6 Å². The van der Waals surface area contributed by atoms with Crippen molar-refractivity contribution in [3.05, 3.63) is 124 Å². The van der Waals surface area contributed by atoms with Gasteiger partial charge in [-0.2, -0.15) is 15.8 Å². The van der Waals surface area contributed by atoms with Crippen molar-refractivity contribution in [2.75, 3.05) is 93.6 Å². The van der Waals surface area contributed by atoms with E-state index in [-0.39, 0.29) is 92.5 Å². The fourth-order valence-electron chi connectivity index (χ4n) is 14.8. The minimum absolute atomic E-state index is 0.0120. The van der Waals surface area contributed by atoms with Gasteiger partial charge in [-0.3, -0.25) is 62.5 Å². The van der Waals surface area contributed by atoms with Gasteiger partial charge in [-0.1, -0.05) is 91.6 Å². The highest BCUT2D eigenvalue weighted by Gasteiger charge is 2.53. The third-order valence-electron chi connectivity index (χ3n) is 22.9. The minimum atomic E-state index is -1.05. The monoisotopic (exact) mass is 1690 g/mol. The molecule has 122 heavy (non-hydrogen) atoms. The second-order valence-electron chi connectivity index (χ2n) is 33.2. The van der Waals surface area contributed by atoms with Gasteiger partial charge in [0.15, 0.2) is 23.1 Å². The molecule has 30 nitrogen and oxygen atoms in total. The molecule has 5 saturated heterocycles. The Kier molecular flexibility index (Phi) is 40.2. The molecule has 5 aliphatic heterocycles. The van der Waals surface area contributed by atoms with E-state index in [1.54, 1.807) is 67.2 Å². The Morgan fingerprint density at radius 1 is 0.459 bits per heavy atom. The van der Waals surface area contributed by atoms with Crippen LogP contribution in [-0.4, -0.2) is 225 Å². The number of hydrogen-bond acceptors (Lipinski definition) is 24. The molecule has 30 heteroatoms. The van der Waals surface area contributed by atoms with Crippen LogP contribution >= 0.6 is 0 Å². The molecule has 0 bridgehead atoms. The average Bonchev–Trinajstić information content (AvgIpc) is 1.63. The molecule has 8 aliphatic rings. The number of nitrogens with two attached hydrogens (primary N) is 1. The molecule has 0 unspecified atom stereocenters. The Morgan fingerprint density at radius 2 is 0.820 bits per heavy atom. The Hall–Kier alpha value is -10.4. The zero-order chi connectivity index (χ0) is 88.9. The fourth-order valence-corrected chi connectivity index (χ4v) is 14.8. The molecule has 3 aliphatic carbocycles. The Morgan fingerprint density at radius 3 is 1.16 bits per heavy atom. The van der Waals surface area contributed by atoms with Gasteiger partial charge in [-0.15, -0.1) is 0 Å². The number of epoxide rings is 3. The van der Waals surface area contributed by atoms with Crippen LogP contribution < -0.4 is 41.2 Å². The predicted molar refractivity (Wildman–Crippen MR) is 452 cm³/mol. The second-order valence-corrected chi connectivity index (χ2v) is 33.2. The van der Waals surface area contributed by atoms with E-state index in [1.165, 1.54) is 24.5 Å². The summed E-state index contributed by atoms with van der Waals surface area (Å²) in [5, 5.41) is 54.4. The molecule has 0 spiro atoms. The number of Topliss-reactive ketones (excluding diaryl/α,β-unsaturated/α-hetero) is 5.